The molecule has 2 aromatic rings. The first-order valence-corrected chi connectivity index (χ1v) is 6.67. The highest BCUT2D eigenvalue weighted by atomic mass is 16.5. The summed E-state index contributed by atoms with van der Waals surface area (Å²) < 4.78 is 4.92. The summed E-state index contributed by atoms with van der Waals surface area (Å²) in [6.07, 6.45) is 3.44. The number of carbonyl (C=O) groups excluding carboxylic acids is 2. The average Bonchev–Trinajstić information content (AvgIpc) is 2.56. The normalized spacial score (nSPS) is 20.0. The van der Waals surface area contributed by atoms with Crippen LogP contribution in [0.3, 0.4) is 0 Å². The van der Waals surface area contributed by atoms with Gasteiger partial charge in [0.15, 0.2) is 11.2 Å². The first-order chi connectivity index (χ1) is 10.2. The summed E-state index contributed by atoms with van der Waals surface area (Å²) in [4.78, 5) is 25.4. The van der Waals surface area contributed by atoms with E-state index < -0.39 is 11.4 Å². The van der Waals surface area contributed by atoms with Gasteiger partial charge in [0.25, 0.3) is 0 Å². The number of rotatable bonds is 2. The summed E-state index contributed by atoms with van der Waals surface area (Å²) in [6.45, 7) is 0. The number of ketones is 1. The maximum Gasteiger partial charge on any atom is 0.328 e. The minimum Gasteiger partial charge on any atom is -0.468 e. The van der Waals surface area contributed by atoms with E-state index in [0.717, 1.165) is 5.56 Å². The molecule has 2 aromatic carbocycles. The number of hydrogen-bond donors (Lipinski definition) is 0. The lowest BCUT2D eigenvalue weighted by Gasteiger charge is -2.30. The minimum atomic E-state index is -1.40. The number of fused-ring (bicyclic) bond motifs is 1. The van der Waals surface area contributed by atoms with E-state index in [1.54, 1.807) is 36.4 Å². The summed E-state index contributed by atoms with van der Waals surface area (Å²) >= 11 is 0. The summed E-state index contributed by atoms with van der Waals surface area (Å²) in [7, 11) is 1.30. The highest BCUT2D eigenvalue weighted by Crippen LogP contribution is 2.37. The predicted octanol–water partition coefficient (Wildman–Crippen LogP) is 3.01. The molecule has 3 heteroatoms. The molecule has 0 bridgehead atoms. The SMILES string of the molecule is COC(=O)C1(c2ccccc2)C=Cc2ccccc2C1=O. The van der Waals surface area contributed by atoms with Gasteiger partial charge in [0.1, 0.15) is 0 Å². The van der Waals surface area contributed by atoms with Gasteiger partial charge in [-0.05, 0) is 11.1 Å². The van der Waals surface area contributed by atoms with E-state index in [1.807, 2.05) is 30.3 Å². The topological polar surface area (TPSA) is 43.4 Å². The molecule has 0 amide bonds. The van der Waals surface area contributed by atoms with Crippen LogP contribution in [0.1, 0.15) is 21.5 Å². The Bertz CT molecular complexity index is 731. The molecular weight excluding hydrogens is 264 g/mol. The molecule has 0 fully saturated rings. The molecule has 0 aliphatic heterocycles. The van der Waals surface area contributed by atoms with E-state index in [9.17, 15) is 9.59 Å². The molecule has 3 rings (SSSR count). The van der Waals surface area contributed by atoms with Gasteiger partial charge in [-0.25, -0.2) is 0 Å². The van der Waals surface area contributed by atoms with Gasteiger partial charge >= 0.3 is 5.97 Å². The predicted molar refractivity (Wildman–Crippen MR) is 79.9 cm³/mol. The summed E-state index contributed by atoms with van der Waals surface area (Å²) in [5, 5.41) is 0. The zero-order valence-corrected chi connectivity index (χ0v) is 11.6. The van der Waals surface area contributed by atoms with Crippen LogP contribution in [0.5, 0.6) is 0 Å². The Balaban J connectivity index is 2.25. The van der Waals surface area contributed by atoms with Crippen molar-refractivity contribution in [1.82, 2.24) is 0 Å². The van der Waals surface area contributed by atoms with Crippen molar-refractivity contribution >= 4 is 17.8 Å². The molecule has 1 aliphatic rings. The van der Waals surface area contributed by atoms with Gasteiger partial charge in [0.05, 0.1) is 7.11 Å². The lowest BCUT2D eigenvalue weighted by Crippen LogP contribution is -2.44. The number of ether oxygens (including phenoxy) is 1. The van der Waals surface area contributed by atoms with Gasteiger partial charge in [-0.1, -0.05) is 66.7 Å². The monoisotopic (exact) mass is 278 g/mol. The van der Waals surface area contributed by atoms with Crippen LogP contribution in [-0.4, -0.2) is 18.9 Å². The molecule has 0 spiro atoms. The third kappa shape index (κ3) is 1.89. The van der Waals surface area contributed by atoms with Gasteiger partial charge in [-0.3, -0.25) is 9.59 Å². The van der Waals surface area contributed by atoms with Gasteiger partial charge in [0, 0.05) is 5.56 Å². The highest BCUT2D eigenvalue weighted by Gasteiger charge is 2.48. The smallest absolute Gasteiger partial charge is 0.328 e. The Labute approximate surface area is 122 Å². The molecule has 3 nitrogen and oxygen atoms in total. The fraction of sp³-hybridized carbons (Fsp3) is 0.111. The number of methoxy groups -OCH3 is 1. The van der Waals surface area contributed by atoms with Crippen LogP contribution in [0.25, 0.3) is 6.08 Å². The van der Waals surface area contributed by atoms with E-state index >= 15 is 0 Å². The Morgan fingerprint density at radius 2 is 1.67 bits per heavy atom. The van der Waals surface area contributed by atoms with Gasteiger partial charge in [-0.2, -0.15) is 0 Å². The quantitative estimate of drug-likeness (QED) is 0.626. The number of esters is 1. The minimum absolute atomic E-state index is 0.251. The molecule has 21 heavy (non-hydrogen) atoms. The third-order valence-electron chi connectivity index (χ3n) is 3.81. The number of Topliss-reactive ketones (excluding diaryl/α,β-unsaturated/α-hetero) is 1. The van der Waals surface area contributed by atoms with Crippen molar-refractivity contribution in [2.45, 2.75) is 5.41 Å². The van der Waals surface area contributed by atoms with E-state index in [-0.39, 0.29) is 5.78 Å². The fourth-order valence-electron chi connectivity index (χ4n) is 2.72. The van der Waals surface area contributed by atoms with Gasteiger partial charge < -0.3 is 4.74 Å². The highest BCUT2D eigenvalue weighted by molar-refractivity contribution is 6.22. The lowest BCUT2D eigenvalue weighted by atomic mass is 9.70. The van der Waals surface area contributed by atoms with Crippen molar-refractivity contribution in [3.8, 4) is 0 Å². The molecule has 0 aromatic heterocycles. The van der Waals surface area contributed by atoms with Crippen molar-refractivity contribution in [2.75, 3.05) is 7.11 Å². The van der Waals surface area contributed by atoms with Crippen LogP contribution in [-0.2, 0) is 14.9 Å². The summed E-state index contributed by atoms with van der Waals surface area (Å²) in [5.41, 5.74) is 0.574. The molecule has 0 N–H and O–H groups in total. The Morgan fingerprint density at radius 3 is 2.38 bits per heavy atom. The van der Waals surface area contributed by atoms with Gasteiger partial charge in [-0.15, -0.1) is 0 Å². The molecule has 1 atom stereocenters. The van der Waals surface area contributed by atoms with Crippen molar-refractivity contribution < 1.29 is 14.3 Å². The Kier molecular flexibility index (Phi) is 3.18. The number of hydrogen-bond acceptors (Lipinski definition) is 3. The zero-order valence-electron chi connectivity index (χ0n) is 11.6. The second-order valence-electron chi connectivity index (χ2n) is 4.92. The van der Waals surface area contributed by atoms with Crippen molar-refractivity contribution in [3.05, 3.63) is 77.4 Å². The molecule has 0 saturated heterocycles. The number of carbonyl (C=O) groups is 2. The molecule has 0 heterocycles. The molecular formula is C18H14O3. The van der Waals surface area contributed by atoms with Crippen LogP contribution >= 0.6 is 0 Å². The average molecular weight is 278 g/mol. The lowest BCUT2D eigenvalue weighted by molar-refractivity contribution is -0.143. The van der Waals surface area contributed by atoms with E-state index in [4.69, 9.17) is 4.74 Å². The fourth-order valence-corrected chi connectivity index (χ4v) is 2.72. The molecule has 0 radical (unpaired) electrons. The first-order valence-electron chi connectivity index (χ1n) is 6.67. The van der Waals surface area contributed by atoms with Crippen LogP contribution in [0.2, 0.25) is 0 Å². The second kappa shape index (κ2) is 5.02. The summed E-state index contributed by atoms with van der Waals surface area (Å²) in [6, 6.07) is 16.3. The van der Waals surface area contributed by atoms with E-state index in [2.05, 4.69) is 0 Å². The van der Waals surface area contributed by atoms with E-state index in [1.165, 1.54) is 7.11 Å². The Morgan fingerprint density at radius 1 is 1.00 bits per heavy atom. The first kappa shape index (κ1) is 13.3. The van der Waals surface area contributed by atoms with E-state index in [0.29, 0.717) is 11.1 Å². The standard InChI is InChI=1S/C18H14O3/c1-21-17(20)18(14-8-3-2-4-9-14)12-11-13-7-5-6-10-15(13)16(18)19/h2-12H,1H3. The Hall–Kier alpha value is -2.68. The van der Waals surface area contributed by atoms with Crippen molar-refractivity contribution in [1.29, 1.82) is 0 Å². The maximum absolute atomic E-state index is 13.0. The van der Waals surface area contributed by atoms with Crippen LogP contribution in [0, 0.1) is 0 Å². The molecule has 1 unspecified atom stereocenters. The summed E-state index contributed by atoms with van der Waals surface area (Å²) in [5.74, 6) is -0.817. The number of benzene rings is 2. The second-order valence-corrected chi connectivity index (χ2v) is 4.92. The zero-order chi connectivity index (χ0) is 14.9. The van der Waals surface area contributed by atoms with Crippen molar-refractivity contribution in [2.24, 2.45) is 0 Å². The van der Waals surface area contributed by atoms with Crippen LogP contribution < -0.4 is 0 Å². The largest absolute Gasteiger partial charge is 0.468 e. The van der Waals surface area contributed by atoms with Crippen LogP contribution in [0.4, 0.5) is 0 Å². The van der Waals surface area contributed by atoms with Crippen molar-refractivity contribution in [3.63, 3.8) is 0 Å². The third-order valence-corrected chi connectivity index (χ3v) is 3.81. The molecule has 104 valence electrons. The maximum atomic E-state index is 13.0. The van der Waals surface area contributed by atoms with Crippen LogP contribution in [0.15, 0.2) is 60.7 Å². The molecule has 0 saturated carbocycles. The molecule has 1 aliphatic carbocycles. The van der Waals surface area contributed by atoms with Gasteiger partial charge in [0.2, 0.25) is 0 Å².